The van der Waals surface area contributed by atoms with Gasteiger partial charge in [0.2, 0.25) is 12.5 Å². The summed E-state index contributed by atoms with van der Waals surface area (Å²) in [7, 11) is 0. The topological polar surface area (TPSA) is 224 Å². The second-order valence-electron chi connectivity index (χ2n) is 13.2. The molecule has 0 bridgehead atoms. The summed E-state index contributed by atoms with van der Waals surface area (Å²) in [6, 6.07) is 8.83. The van der Waals surface area contributed by atoms with Crippen molar-refractivity contribution < 1.29 is 43.6 Å². The number of nitrogens with zero attached hydrogens (tertiary/aromatic N) is 5. The number of hydrogen-bond acceptors (Lipinski definition) is 13. The fraction of sp³-hybridized carbons (Fsp3) is 0.333. The summed E-state index contributed by atoms with van der Waals surface area (Å²) < 4.78 is 1.68. The maximum absolute atomic E-state index is 13.4. The van der Waals surface area contributed by atoms with Crippen LogP contribution in [0.4, 0.5) is 10.8 Å². The molecule has 280 valence electrons. The largest absolute Gasteiger partial charge is 0.543 e. The number of hydrogen-bond donors (Lipinski definition) is 4. The number of thioether (sulfide) groups is 1. The van der Waals surface area contributed by atoms with E-state index in [2.05, 4.69) is 20.8 Å². The van der Waals surface area contributed by atoms with Crippen LogP contribution in [-0.4, -0.2) is 85.0 Å². The predicted molar refractivity (Wildman–Crippen MR) is 195 cm³/mol. The zero-order valence-electron chi connectivity index (χ0n) is 28.8. The first kappa shape index (κ1) is 36.6. The number of fused-ring (bicyclic) bond motifs is 1. The normalized spacial score (nSPS) is 21.0. The maximum atomic E-state index is 13.4. The van der Waals surface area contributed by atoms with Gasteiger partial charge in [0.25, 0.3) is 17.7 Å². The first-order valence-corrected chi connectivity index (χ1v) is 19.2. The second-order valence-corrected chi connectivity index (χ2v) is 15.2. The Labute approximate surface area is 317 Å². The number of anilines is 2. The molecule has 3 aliphatic heterocycles. The van der Waals surface area contributed by atoms with E-state index in [0.717, 1.165) is 47.5 Å². The fourth-order valence-corrected chi connectivity index (χ4v) is 8.56. The Kier molecular flexibility index (Phi) is 10.6. The molecule has 5 N–H and O–H groups in total. The number of carboxylic acids is 1. The second kappa shape index (κ2) is 15.7. The third-order valence-corrected chi connectivity index (χ3v) is 11.4. The number of carbonyl (C=O) groups is 5. The number of nitrogen functional groups attached to an aromatic ring is 1. The lowest BCUT2D eigenvalue weighted by molar-refractivity contribution is -0.684. The number of benzene rings is 1. The van der Waals surface area contributed by atoms with Crippen molar-refractivity contribution in [3.8, 4) is 5.75 Å². The summed E-state index contributed by atoms with van der Waals surface area (Å²) in [4.78, 5) is 77.6. The monoisotopic (exact) mass is 772 g/mol. The smallest absolute Gasteiger partial charge is 0.290 e. The lowest BCUT2D eigenvalue weighted by atomic mass is 10.0. The lowest BCUT2D eigenvalue weighted by Crippen LogP contribution is -2.71. The van der Waals surface area contributed by atoms with E-state index in [0.29, 0.717) is 30.8 Å². The average molecular weight is 773 g/mol. The Bertz CT molecular complexity index is 2090. The zero-order chi connectivity index (χ0) is 37.9. The molecular weight excluding hydrogens is 737 g/mol. The number of phenols is 1. The number of thiazole rings is 1. The number of rotatable bonds is 12. The summed E-state index contributed by atoms with van der Waals surface area (Å²) in [6.07, 6.45) is 8.85. The number of amides is 4. The van der Waals surface area contributed by atoms with Crippen LogP contribution in [0.5, 0.6) is 5.75 Å². The third-order valence-electron chi connectivity index (χ3n) is 9.40. The van der Waals surface area contributed by atoms with Crippen molar-refractivity contribution in [2.24, 2.45) is 5.16 Å². The number of oxime groups is 1. The molecule has 0 radical (unpaired) electrons. The number of pyridine rings is 1. The minimum Gasteiger partial charge on any atom is -0.543 e. The van der Waals surface area contributed by atoms with Crippen molar-refractivity contribution in [3.63, 3.8) is 0 Å². The van der Waals surface area contributed by atoms with Crippen LogP contribution in [0.1, 0.15) is 43.4 Å². The van der Waals surface area contributed by atoms with Gasteiger partial charge >= 0.3 is 0 Å². The van der Waals surface area contributed by atoms with Gasteiger partial charge in [0.05, 0.1) is 11.7 Å². The Hall–Kier alpha value is -5.75. The Morgan fingerprint density at radius 1 is 1.17 bits per heavy atom. The van der Waals surface area contributed by atoms with Crippen molar-refractivity contribution in [2.75, 3.05) is 23.3 Å². The van der Waals surface area contributed by atoms with Gasteiger partial charge < -0.3 is 41.1 Å². The highest BCUT2D eigenvalue weighted by Crippen LogP contribution is 2.41. The number of β-lactam (4-membered cyclic amide) rings is 1. The minimum absolute atomic E-state index is 0.0413. The molecule has 4 aliphatic rings. The van der Waals surface area contributed by atoms with Crippen molar-refractivity contribution in [1.82, 2.24) is 20.1 Å². The number of aromatic nitrogens is 2. The summed E-state index contributed by atoms with van der Waals surface area (Å²) in [5.74, 6) is -3.24. The van der Waals surface area contributed by atoms with Crippen molar-refractivity contribution in [2.45, 2.75) is 62.7 Å². The van der Waals surface area contributed by atoms with Crippen LogP contribution in [0.3, 0.4) is 0 Å². The van der Waals surface area contributed by atoms with Gasteiger partial charge in [-0.05, 0) is 61.4 Å². The SMILES string of the molecule is Nc1nc(/C(=N/OC2CCCC2)C(=O)N[C@@H]2C(=O)N3C(C(=O)[O-])=C(C=C4CCN(Cc5cc[n+](CC(=O)Nc6cccc(O)c6)cc5)C4=O)CS[C@H]23)cs1. The Morgan fingerprint density at radius 3 is 2.65 bits per heavy atom. The third kappa shape index (κ3) is 7.93. The molecule has 4 amide bonds. The average Bonchev–Trinajstić information content (AvgIpc) is 3.90. The van der Waals surface area contributed by atoms with Crippen LogP contribution in [-0.2, 0) is 41.9 Å². The molecule has 54 heavy (non-hydrogen) atoms. The molecule has 5 heterocycles. The fourth-order valence-electron chi connectivity index (χ4n) is 6.71. The molecule has 18 heteroatoms. The number of carboxylic acid groups (broad SMARTS) is 1. The summed E-state index contributed by atoms with van der Waals surface area (Å²) in [6.45, 7) is 0.747. The summed E-state index contributed by atoms with van der Waals surface area (Å²) in [5, 5.41) is 32.6. The molecule has 0 unspecified atom stereocenters. The number of nitrogens with two attached hydrogens (primary N) is 1. The first-order chi connectivity index (χ1) is 26.0. The number of allylic oxidation sites excluding steroid dienone is 1. The number of phenolic OH excluding ortho intramolecular Hbond substituents is 1. The van der Waals surface area contributed by atoms with Crippen molar-refractivity contribution in [3.05, 3.63) is 88.3 Å². The highest BCUT2D eigenvalue weighted by Gasteiger charge is 2.53. The van der Waals surface area contributed by atoms with Gasteiger partial charge in [0.1, 0.15) is 29.0 Å². The number of likely N-dealkylation sites (tertiary alicyclic amines) is 1. The van der Waals surface area contributed by atoms with E-state index in [9.17, 15) is 34.2 Å². The van der Waals surface area contributed by atoms with E-state index in [1.165, 1.54) is 30.0 Å². The van der Waals surface area contributed by atoms with Crippen LogP contribution >= 0.6 is 23.1 Å². The highest BCUT2D eigenvalue weighted by atomic mass is 32.2. The molecule has 3 aromatic rings. The Balaban J connectivity index is 0.982. The van der Waals surface area contributed by atoms with Gasteiger partial charge in [-0.3, -0.25) is 24.1 Å². The van der Waals surface area contributed by atoms with E-state index < -0.39 is 29.2 Å². The molecule has 1 aliphatic carbocycles. The van der Waals surface area contributed by atoms with Gasteiger partial charge in [0.15, 0.2) is 23.2 Å². The van der Waals surface area contributed by atoms with Gasteiger partial charge in [0, 0.05) is 53.7 Å². The van der Waals surface area contributed by atoms with E-state index in [1.54, 1.807) is 51.5 Å². The quantitative estimate of drug-likeness (QED) is 0.0662. The van der Waals surface area contributed by atoms with Gasteiger partial charge in [-0.2, -0.15) is 4.57 Å². The highest BCUT2D eigenvalue weighted by molar-refractivity contribution is 8.00. The van der Waals surface area contributed by atoms with E-state index in [1.807, 2.05) is 0 Å². The molecule has 2 aromatic heterocycles. The van der Waals surface area contributed by atoms with Crippen LogP contribution in [0, 0.1) is 0 Å². The molecule has 1 aromatic carbocycles. The van der Waals surface area contributed by atoms with Crippen LogP contribution in [0.25, 0.3) is 0 Å². The van der Waals surface area contributed by atoms with Crippen LogP contribution in [0.15, 0.2) is 82.2 Å². The van der Waals surface area contributed by atoms with Crippen LogP contribution in [0.2, 0.25) is 0 Å². The molecular formula is C36H36N8O8S2. The maximum Gasteiger partial charge on any atom is 0.290 e. The molecule has 0 spiro atoms. The summed E-state index contributed by atoms with van der Waals surface area (Å²) >= 11 is 2.39. The lowest BCUT2D eigenvalue weighted by Gasteiger charge is -2.50. The molecule has 1 saturated carbocycles. The molecule has 2 atom stereocenters. The molecule has 2 saturated heterocycles. The molecule has 3 fully saturated rings. The number of nitrogens with one attached hydrogen (secondary N) is 2. The first-order valence-electron chi connectivity index (χ1n) is 17.3. The molecule has 7 rings (SSSR count). The van der Waals surface area contributed by atoms with E-state index >= 15 is 0 Å². The van der Waals surface area contributed by atoms with Gasteiger partial charge in [-0.15, -0.1) is 23.1 Å². The summed E-state index contributed by atoms with van der Waals surface area (Å²) in [5.41, 5.74) is 7.52. The number of aromatic hydroxyl groups is 1. The van der Waals surface area contributed by atoms with Gasteiger partial charge in [-0.1, -0.05) is 11.2 Å². The molecule has 16 nitrogen and oxygen atoms in total. The van der Waals surface area contributed by atoms with E-state index in [4.69, 9.17) is 10.6 Å². The standard InChI is InChI=1S/C36H36N8O8S2/c37-36-39-26(19-54-36)28(41-52-25-6-1-2-7-25)31(47)40-29-33(49)44-30(35(50)51)22(18-53-34(29)44)14-21-10-13-43(32(21)48)16-20-8-11-42(12-9-20)17-27(46)38-23-4-3-5-24(45)15-23/h3-5,8-9,11-12,14-15,19,25,29,34H,1-2,6-7,10,13,16-18H2,(H5-,37,38,39,40,45,46,47,50,51)/b21-14?,41-28-/t29-,34-/m1/s1. The number of carbonyl (C=O) groups excluding carboxylic acids is 5. The number of aliphatic carboxylic acids is 1. The minimum atomic E-state index is -1.56. The van der Waals surface area contributed by atoms with Crippen molar-refractivity contribution in [1.29, 1.82) is 0 Å². The van der Waals surface area contributed by atoms with Crippen LogP contribution < -0.4 is 26.0 Å². The van der Waals surface area contributed by atoms with Gasteiger partial charge in [-0.25, -0.2) is 4.98 Å². The van der Waals surface area contributed by atoms with Crippen molar-refractivity contribution >= 4 is 69.2 Å². The van der Waals surface area contributed by atoms with E-state index in [-0.39, 0.29) is 63.8 Å². The Morgan fingerprint density at radius 2 is 1.94 bits per heavy atom. The predicted octanol–water partition coefficient (Wildman–Crippen LogP) is 0.783. The zero-order valence-corrected chi connectivity index (χ0v) is 30.4.